The van der Waals surface area contributed by atoms with Crippen molar-refractivity contribution in [1.29, 1.82) is 0 Å². The molecule has 0 atom stereocenters. The van der Waals surface area contributed by atoms with Gasteiger partial charge in [-0.25, -0.2) is 0 Å². The number of hydrogen-bond donors (Lipinski definition) is 2. The molecule has 0 unspecified atom stereocenters. The molecule has 0 radical (unpaired) electrons. The Morgan fingerprint density at radius 3 is 2.58 bits per heavy atom. The first-order valence-electron chi connectivity index (χ1n) is 3.02. The molecule has 0 saturated carbocycles. The zero-order valence-corrected chi connectivity index (χ0v) is 6.59. The summed E-state index contributed by atoms with van der Waals surface area (Å²) in [5, 5.41) is 1.22. The lowest BCUT2D eigenvalue weighted by Crippen LogP contribution is -2.36. The molecule has 0 aromatic carbocycles. The van der Waals surface area contributed by atoms with E-state index in [1.807, 2.05) is 0 Å². The maximum absolute atomic E-state index is 11.7. The van der Waals surface area contributed by atoms with Crippen molar-refractivity contribution in [1.82, 2.24) is 10.3 Å². The van der Waals surface area contributed by atoms with Crippen LogP contribution in [0.4, 0.5) is 13.2 Å². The van der Waals surface area contributed by atoms with E-state index in [-0.39, 0.29) is 10.7 Å². The first-order valence-corrected chi connectivity index (χ1v) is 3.42. The quantitative estimate of drug-likeness (QED) is 0.527. The minimum Gasteiger partial charge on any atom is -0.359 e. The van der Waals surface area contributed by atoms with E-state index in [2.05, 4.69) is 17.2 Å². The first kappa shape index (κ1) is 9.05. The van der Waals surface area contributed by atoms with Gasteiger partial charge in [-0.05, 0) is 12.1 Å². The molecule has 0 spiro atoms. The van der Waals surface area contributed by atoms with Crippen LogP contribution in [0.3, 0.4) is 0 Å². The van der Waals surface area contributed by atoms with Crippen LogP contribution in [-0.2, 0) is 0 Å². The summed E-state index contributed by atoms with van der Waals surface area (Å²) < 4.78 is 35.1. The molecule has 66 valence electrons. The van der Waals surface area contributed by atoms with E-state index < -0.39 is 6.30 Å². The zero-order chi connectivity index (χ0) is 9.19. The van der Waals surface area contributed by atoms with Crippen LogP contribution in [0.1, 0.15) is 5.69 Å². The number of thiocarbonyl (C=S) groups is 1. The van der Waals surface area contributed by atoms with E-state index in [9.17, 15) is 13.2 Å². The Bertz CT molecular complexity index is 265. The number of alkyl halides is 3. The topological polar surface area (TPSA) is 27.8 Å². The van der Waals surface area contributed by atoms with Crippen LogP contribution >= 0.6 is 12.2 Å². The number of H-pyrrole nitrogens is 1. The third-order valence-electron chi connectivity index (χ3n) is 1.10. The van der Waals surface area contributed by atoms with Gasteiger partial charge in [-0.3, -0.25) is 5.32 Å². The lowest BCUT2D eigenvalue weighted by Gasteiger charge is -2.08. The SMILES string of the molecule is FC(F)(F)NC(=S)c1ccc[nH]1. The van der Waals surface area contributed by atoms with Crippen molar-refractivity contribution in [2.24, 2.45) is 0 Å². The second kappa shape index (κ2) is 3.14. The Labute approximate surface area is 71.8 Å². The van der Waals surface area contributed by atoms with Crippen LogP contribution in [-0.4, -0.2) is 16.3 Å². The third-order valence-corrected chi connectivity index (χ3v) is 1.42. The van der Waals surface area contributed by atoms with Gasteiger partial charge in [0, 0.05) is 6.20 Å². The molecule has 2 N–H and O–H groups in total. The Balaban J connectivity index is 2.63. The smallest absolute Gasteiger partial charge is 0.359 e. The average Bonchev–Trinajstić information content (AvgIpc) is 2.32. The minimum atomic E-state index is -4.47. The summed E-state index contributed by atoms with van der Waals surface area (Å²) in [4.78, 5) is 2.20. The number of aromatic nitrogens is 1. The summed E-state index contributed by atoms with van der Waals surface area (Å²) in [5.74, 6) is 0. The van der Waals surface area contributed by atoms with Crippen molar-refractivity contribution in [3.8, 4) is 0 Å². The fourth-order valence-electron chi connectivity index (χ4n) is 0.668. The molecule has 0 aliphatic carbocycles. The molecule has 12 heavy (non-hydrogen) atoms. The van der Waals surface area contributed by atoms with Crippen molar-refractivity contribution in [2.75, 3.05) is 0 Å². The molecule has 0 amide bonds. The lowest BCUT2D eigenvalue weighted by molar-refractivity contribution is -0.141. The normalized spacial score (nSPS) is 11.2. The third kappa shape index (κ3) is 2.54. The fourth-order valence-corrected chi connectivity index (χ4v) is 0.910. The highest BCUT2D eigenvalue weighted by Crippen LogP contribution is 2.11. The van der Waals surface area contributed by atoms with E-state index in [0.717, 1.165) is 0 Å². The zero-order valence-electron chi connectivity index (χ0n) is 5.77. The van der Waals surface area contributed by atoms with Gasteiger partial charge in [-0.1, -0.05) is 12.2 Å². The van der Waals surface area contributed by atoms with Crippen LogP contribution in [0.2, 0.25) is 0 Å². The summed E-state index contributed by atoms with van der Waals surface area (Å²) in [6.45, 7) is 0. The molecule has 0 aliphatic heterocycles. The molecule has 1 aromatic heterocycles. The Kier molecular flexibility index (Phi) is 2.37. The first-order chi connectivity index (χ1) is 5.49. The van der Waals surface area contributed by atoms with E-state index in [4.69, 9.17) is 0 Å². The Hall–Kier alpha value is -1.04. The van der Waals surface area contributed by atoms with Gasteiger partial charge in [0.05, 0.1) is 5.69 Å². The highest BCUT2D eigenvalue weighted by molar-refractivity contribution is 7.80. The van der Waals surface area contributed by atoms with Crippen LogP contribution in [0.15, 0.2) is 18.3 Å². The van der Waals surface area contributed by atoms with Crippen molar-refractivity contribution in [2.45, 2.75) is 6.30 Å². The molecule has 0 saturated heterocycles. The predicted octanol–water partition coefficient (Wildman–Crippen LogP) is 1.80. The van der Waals surface area contributed by atoms with E-state index in [0.29, 0.717) is 0 Å². The summed E-state index contributed by atoms with van der Waals surface area (Å²) in [6.07, 6.45) is -2.97. The minimum absolute atomic E-state index is 0.252. The highest BCUT2D eigenvalue weighted by atomic mass is 32.1. The predicted molar refractivity (Wildman–Crippen MR) is 41.7 cm³/mol. The maximum Gasteiger partial charge on any atom is 0.483 e. The number of nitrogens with one attached hydrogen (secondary N) is 2. The summed E-state index contributed by atoms with van der Waals surface area (Å²) >= 11 is 4.46. The summed E-state index contributed by atoms with van der Waals surface area (Å²) in [5.41, 5.74) is 0.252. The Morgan fingerprint density at radius 2 is 2.17 bits per heavy atom. The van der Waals surface area contributed by atoms with Gasteiger partial charge in [-0.2, -0.15) is 13.2 Å². The van der Waals surface area contributed by atoms with Crippen molar-refractivity contribution >= 4 is 17.2 Å². The van der Waals surface area contributed by atoms with Crippen molar-refractivity contribution in [3.63, 3.8) is 0 Å². The maximum atomic E-state index is 11.7. The molecule has 0 bridgehead atoms. The molecule has 1 aromatic rings. The number of rotatable bonds is 1. The van der Waals surface area contributed by atoms with Crippen LogP contribution in [0.25, 0.3) is 0 Å². The van der Waals surface area contributed by atoms with E-state index >= 15 is 0 Å². The van der Waals surface area contributed by atoms with Crippen LogP contribution in [0.5, 0.6) is 0 Å². The number of hydrogen-bond acceptors (Lipinski definition) is 1. The summed E-state index contributed by atoms with van der Waals surface area (Å²) in [6, 6.07) is 3.03. The molecular weight excluding hydrogens is 189 g/mol. The van der Waals surface area contributed by atoms with Crippen molar-refractivity contribution < 1.29 is 13.2 Å². The summed E-state index contributed by atoms with van der Waals surface area (Å²) in [7, 11) is 0. The molecular formula is C6H5F3N2S. The van der Waals surface area contributed by atoms with Crippen LogP contribution < -0.4 is 5.32 Å². The van der Waals surface area contributed by atoms with Gasteiger partial charge in [0.25, 0.3) is 0 Å². The van der Waals surface area contributed by atoms with Crippen molar-refractivity contribution in [3.05, 3.63) is 24.0 Å². The van der Waals surface area contributed by atoms with E-state index in [1.54, 1.807) is 6.07 Å². The molecule has 0 aliphatic rings. The Morgan fingerprint density at radius 1 is 1.50 bits per heavy atom. The monoisotopic (exact) mass is 194 g/mol. The van der Waals surface area contributed by atoms with Gasteiger partial charge in [-0.15, -0.1) is 0 Å². The fraction of sp³-hybridized carbons (Fsp3) is 0.167. The largest absolute Gasteiger partial charge is 0.483 e. The molecule has 0 fully saturated rings. The van der Waals surface area contributed by atoms with E-state index in [1.165, 1.54) is 17.6 Å². The van der Waals surface area contributed by atoms with Gasteiger partial charge in [0.2, 0.25) is 0 Å². The number of halogens is 3. The van der Waals surface area contributed by atoms with Crippen LogP contribution in [0, 0.1) is 0 Å². The second-order valence-electron chi connectivity index (χ2n) is 2.04. The number of aromatic amines is 1. The van der Waals surface area contributed by atoms with Gasteiger partial charge >= 0.3 is 6.30 Å². The molecule has 1 rings (SSSR count). The van der Waals surface area contributed by atoms with Gasteiger partial charge in [0.15, 0.2) is 0 Å². The highest BCUT2D eigenvalue weighted by Gasteiger charge is 2.28. The van der Waals surface area contributed by atoms with Gasteiger partial charge in [0.1, 0.15) is 4.99 Å². The molecule has 6 heteroatoms. The molecule has 2 nitrogen and oxygen atoms in total. The average molecular weight is 194 g/mol. The van der Waals surface area contributed by atoms with Gasteiger partial charge < -0.3 is 4.98 Å². The lowest BCUT2D eigenvalue weighted by atomic mass is 10.4. The second-order valence-corrected chi connectivity index (χ2v) is 2.44. The standard InChI is InChI=1S/C6H5F3N2S/c7-6(8,9)11-5(12)4-2-1-3-10-4/h1-3,10H,(H,11,12). The molecule has 1 heterocycles.